The molecule has 0 aliphatic carbocycles. The molecule has 0 fully saturated rings. The van der Waals surface area contributed by atoms with Gasteiger partial charge in [0.05, 0.1) is 12.2 Å². The largest absolute Gasteiger partial charge is 0.484 e. The quantitative estimate of drug-likeness (QED) is 0.774. The molecule has 0 unspecified atom stereocenters. The molecule has 2 heterocycles. The second-order valence-electron chi connectivity index (χ2n) is 5.25. The third-order valence-corrected chi connectivity index (χ3v) is 3.42. The Balaban J connectivity index is 1.70. The first-order valence-electron chi connectivity index (χ1n) is 7.24. The molecule has 0 saturated heterocycles. The van der Waals surface area contributed by atoms with Crippen molar-refractivity contribution in [1.29, 1.82) is 0 Å². The lowest BCUT2D eigenvalue weighted by Crippen LogP contribution is -2.19. The van der Waals surface area contributed by atoms with E-state index >= 15 is 0 Å². The van der Waals surface area contributed by atoms with E-state index in [1.54, 1.807) is 35.7 Å². The lowest BCUT2D eigenvalue weighted by Gasteiger charge is -2.14. The van der Waals surface area contributed by atoms with Crippen LogP contribution in [0, 0.1) is 6.92 Å². The highest BCUT2D eigenvalue weighted by Crippen LogP contribution is 2.27. The molecule has 0 atom stereocenters. The Hall–Kier alpha value is -2.77. The van der Waals surface area contributed by atoms with E-state index < -0.39 is 12.8 Å². The van der Waals surface area contributed by atoms with Crippen molar-refractivity contribution in [3.63, 3.8) is 0 Å². The molecule has 2 aromatic heterocycles. The SMILES string of the molecule is Cc1c(NCc2cn3cccnc3n2)cccc1OCC(F)(F)F. The molecular weight excluding hydrogens is 321 g/mol. The van der Waals surface area contributed by atoms with Gasteiger partial charge in [-0.1, -0.05) is 6.07 Å². The first-order chi connectivity index (χ1) is 11.4. The summed E-state index contributed by atoms with van der Waals surface area (Å²) in [6.07, 6.45) is 0.981. The Morgan fingerprint density at radius 3 is 2.83 bits per heavy atom. The van der Waals surface area contributed by atoms with Gasteiger partial charge in [0.15, 0.2) is 6.61 Å². The zero-order chi connectivity index (χ0) is 17.2. The summed E-state index contributed by atoms with van der Waals surface area (Å²) < 4.78 is 43.5. The van der Waals surface area contributed by atoms with E-state index in [0.29, 0.717) is 23.6 Å². The lowest BCUT2D eigenvalue weighted by molar-refractivity contribution is -0.153. The maximum Gasteiger partial charge on any atom is 0.422 e. The Labute approximate surface area is 136 Å². The van der Waals surface area contributed by atoms with Gasteiger partial charge in [0.1, 0.15) is 5.75 Å². The predicted octanol–water partition coefficient (Wildman–Crippen LogP) is 3.59. The zero-order valence-corrected chi connectivity index (χ0v) is 12.8. The van der Waals surface area contributed by atoms with E-state index in [1.165, 1.54) is 6.07 Å². The van der Waals surface area contributed by atoms with Crippen LogP contribution in [0.25, 0.3) is 5.78 Å². The number of aromatic nitrogens is 3. The Bertz CT molecular complexity index is 812. The second-order valence-corrected chi connectivity index (χ2v) is 5.25. The van der Waals surface area contributed by atoms with Gasteiger partial charge < -0.3 is 10.1 Å². The van der Waals surface area contributed by atoms with Crippen molar-refractivity contribution < 1.29 is 17.9 Å². The van der Waals surface area contributed by atoms with Crippen LogP contribution in [-0.4, -0.2) is 27.2 Å². The van der Waals surface area contributed by atoms with Crippen molar-refractivity contribution in [3.05, 3.63) is 54.1 Å². The van der Waals surface area contributed by atoms with Crippen LogP contribution in [0.2, 0.25) is 0 Å². The molecule has 24 heavy (non-hydrogen) atoms. The van der Waals surface area contributed by atoms with E-state index in [2.05, 4.69) is 15.3 Å². The highest BCUT2D eigenvalue weighted by molar-refractivity contribution is 5.57. The van der Waals surface area contributed by atoms with Crippen molar-refractivity contribution in [2.24, 2.45) is 0 Å². The number of nitrogens with one attached hydrogen (secondary N) is 1. The minimum atomic E-state index is -4.36. The summed E-state index contributed by atoms with van der Waals surface area (Å²) in [6, 6.07) is 6.74. The Morgan fingerprint density at radius 1 is 1.25 bits per heavy atom. The van der Waals surface area contributed by atoms with E-state index in [-0.39, 0.29) is 5.75 Å². The van der Waals surface area contributed by atoms with Crippen molar-refractivity contribution in [1.82, 2.24) is 14.4 Å². The van der Waals surface area contributed by atoms with Gasteiger partial charge >= 0.3 is 6.18 Å². The van der Waals surface area contributed by atoms with Crippen LogP contribution in [0.3, 0.4) is 0 Å². The third kappa shape index (κ3) is 3.76. The van der Waals surface area contributed by atoms with Gasteiger partial charge in [-0.05, 0) is 25.1 Å². The predicted molar refractivity (Wildman–Crippen MR) is 83.0 cm³/mol. The van der Waals surface area contributed by atoms with Crippen molar-refractivity contribution >= 4 is 11.5 Å². The molecular formula is C16H15F3N4O. The number of benzene rings is 1. The average Bonchev–Trinajstić information content (AvgIpc) is 2.95. The van der Waals surface area contributed by atoms with Crippen molar-refractivity contribution in [2.45, 2.75) is 19.6 Å². The highest BCUT2D eigenvalue weighted by Gasteiger charge is 2.28. The fraction of sp³-hybridized carbons (Fsp3) is 0.250. The van der Waals surface area contributed by atoms with Gasteiger partial charge in [-0.15, -0.1) is 0 Å². The van der Waals surface area contributed by atoms with Crippen LogP contribution in [0.1, 0.15) is 11.3 Å². The van der Waals surface area contributed by atoms with Crippen LogP contribution in [0.4, 0.5) is 18.9 Å². The molecule has 3 rings (SSSR count). The molecule has 0 aliphatic heterocycles. The number of halogens is 3. The summed E-state index contributed by atoms with van der Waals surface area (Å²) in [7, 11) is 0. The minimum Gasteiger partial charge on any atom is -0.484 e. The van der Waals surface area contributed by atoms with Crippen molar-refractivity contribution in [2.75, 3.05) is 11.9 Å². The smallest absolute Gasteiger partial charge is 0.422 e. The summed E-state index contributed by atoms with van der Waals surface area (Å²) in [4.78, 5) is 8.49. The van der Waals surface area contributed by atoms with Gasteiger partial charge in [0.25, 0.3) is 0 Å². The Morgan fingerprint density at radius 2 is 2.08 bits per heavy atom. The molecule has 3 aromatic rings. The summed E-state index contributed by atoms with van der Waals surface area (Å²) in [5.74, 6) is 0.794. The van der Waals surface area contributed by atoms with E-state index in [0.717, 1.165) is 5.69 Å². The molecule has 0 aliphatic rings. The first kappa shape index (κ1) is 16.1. The summed E-state index contributed by atoms with van der Waals surface area (Å²) >= 11 is 0. The van der Waals surface area contributed by atoms with Crippen molar-refractivity contribution in [3.8, 4) is 5.75 Å². The summed E-state index contributed by atoms with van der Waals surface area (Å²) in [5.41, 5.74) is 2.08. The molecule has 0 amide bonds. The number of hydrogen-bond acceptors (Lipinski definition) is 4. The topological polar surface area (TPSA) is 51.5 Å². The molecule has 0 spiro atoms. The maximum absolute atomic E-state index is 12.3. The summed E-state index contributed by atoms with van der Waals surface area (Å²) in [5, 5.41) is 3.16. The molecule has 5 nitrogen and oxygen atoms in total. The number of fused-ring (bicyclic) bond motifs is 1. The molecule has 1 N–H and O–H groups in total. The van der Waals surface area contributed by atoms with E-state index in [4.69, 9.17) is 4.74 Å². The van der Waals surface area contributed by atoms with Crippen LogP contribution in [0.15, 0.2) is 42.9 Å². The standard InChI is InChI=1S/C16H15F3N4O/c1-11-13(4-2-5-14(11)24-10-16(17,18)19)21-8-12-9-23-7-3-6-20-15(23)22-12/h2-7,9,21H,8,10H2,1H3. The second kappa shape index (κ2) is 6.38. The van der Waals surface area contributed by atoms with Gasteiger partial charge in [-0.25, -0.2) is 9.97 Å². The maximum atomic E-state index is 12.3. The molecule has 126 valence electrons. The Kier molecular flexibility index (Phi) is 4.28. The van der Waals surface area contributed by atoms with Crippen LogP contribution >= 0.6 is 0 Å². The van der Waals surface area contributed by atoms with Gasteiger partial charge in [0.2, 0.25) is 5.78 Å². The number of imidazole rings is 1. The molecule has 8 heteroatoms. The van der Waals surface area contributed by atoms with E-state index in [1.807, 2.05) is 12.4 Å². The fourth-order valence-electron chi connectivity index (χ4n) is 2.27. The number of ether oxygens (including phenoxy) is 1. The van der Waals surface area contributed by atoms with E-state index in [9.17, 15) is 13.2 Å². The van der Waals surface area contributed by atoms with Crippen LogP contribution < -0.4 is 10.1 Å². The van der Waals surface area contributed by atoms with Crippen LogP contribution in [-0.2, 0) is 6.54 Å². The number of hydrogen-bond donors (Lipinski definition) is 1. The number of anilines is 1. The normalized spacial score (nSPS) is 11.7. The minimum absolute atomic E-state index is 0.203. The molecule has 0 saturated carbocycles. The number of rotatable bonds is 5. The van der Waals surface area contributed by atoms with Gasteiger partial charge in [0, 0.05) is 29.8 Å². The first-order valence-corrected chi connectivity index (χ1v) is 7.24. The van der Waals surface area contributed by atoms with Gasteiger partial charge in [-0.3, -0.25) is 4.40 Å². The zero-order valence-electron chi connectivity index (χ0n) is 12.8. The number of alkyl halides is 3. The highest BCUT2D eigenvalue weighted by atomic mass is 19.4. The fourth-order valence-corrected chi connectivity index (χ4v) is 2.27. The lowest BCUT2D eigenvalue weighted by atomic mass is 10.2. The molecule has 0 bridgehead atoms. The van der Waals surface area contributed by atoms with Gasteiger partial charge in [-0.2, -0.15) is 13.2 Å². The third-order valence-electron chi connectivity index (χ3n) is 3.42. The molecule has 1 aromatic carbocycles. The average molecular weight is 336 g/mol. The summed E-state index contributed by atoms with van der Waals surface area (Å²) in [6.45, 7) is 0.821. The molecule has 0 radical (unpaired) electrons. The number of nitrogens with zero attached hydrogens (tertiary/aromatic N) is 3. The monoisotopic (exact) mass is 336 g/mol. The van der Waals surface area contributed by atoms with Crippen LogP contribution in [0.5, 0.6) is 5.75 Å².